The van der Waals surface area contributed by atoms with E-state index < -0.39 is 10.0 Å². The van der Waals surface area contributed by atoms with Crippen molar-refractivity contribution in [2.75, 3.05) is 27.3 Å². The summed E-state index contributed by atoms with van der Waals surface area (Å²) in [4.78, 5) is 13.4. The molecule has 1 aliphatic rings. The van der Waals surface area contributed by atoms with E-state index in [0.717, 1.165) is 29.7 Å². The highest BCUT2D eigenvalue weighted by atomic mass is 32.2. The normalized spacial score (nSPS) is 16.3. The van der Waals surface area contributed by atoms with Crippen LogP contribution in [-0.4, -0.2) is 45.9 Å². The van der Waals surface area contributed by atoms with Crippen molar-refractivity contribution in [1.29, 1.82) is 0 Å². The zero-order valence-corrected chi connectivity index (χ0v) is 20.9. The van der Waals surface area contributed by atoms with Crippen molar-refractivity contribution in [3.63, 3.8) is 0 Å². The maximum Gasteiger partial charge on any atom is 0.255 e. The first-order valence-corrected chi connectivity index (χ1v) is 12.8. The highest BCUT2D eigenvalue weighted by Gasteiger charge is 2.29. The molecule has 1 fully saturated rings. The zero-order chi connectivity index (χ0) is 24.2. The molecule has 7 nitrogen and oxygen atoms in total. The minimum Gasteiger partial charge on any atom is -0.496 e. The fraction of sp³-hybridized carbons (Fsp3) is 0.480. The molecule has 0 saturated carbocycles. The van der Waals surface area contributed by atoms with E-state index in [2.05, 4.69) is 12.2 Å². The molecule has 8 heteroatoms. The predicted molar refractivity (Wildman–Crippen MR) is 128 cm³/mol. The van der Waals surface area contributed by atoms with Crippen LogP contribution in [0.5, 0.6) is 11.5 Å². The van der Waals surface area contributed by atoms with Gasteiger partial charge in [0.25, 0.3) is 5.91 Å². The van der Waals surface area contributed by atoms with Gasteiger partial charge in [-0.15, -0.1) is 0 Å². The van der Waals surface area contributed by atoms with Gasteiger partial charge in [-0.1, -0.05) is 26.0 Å². The summed E-state index contributed by atoms with van der Waals surface area (Å²) >= 11 is 0. The Bertz CT molecular complexity index is 1090. The van der Waals surface area contributed by atoms with Gasteiger partial charge < -0.3 is 14.8 Å². The van der Waals surface area contributed by atoms with Crippen LogP contribution in [0.2, 0.25) is 0 Å². The second-order valence-corrected chi connectivity index (χ2v) is 10.5. The highest BCUT2D eigenvalue weighted by molar-refractivity contribution is 7.89. The third kappa shape index (κ3) is 5.50. The molecule has 1 aliphatic heterocycles. The number of nitrogens with zero attached hydrogens (tertiary/aromatic N) is 1. The van der Waals surface area contributed by atoms with Crippen molar-refractivity contribution in [2.24, 2.45) is 5.92 Å². The van der Waals surface area contributed by atoms with Crippen molar-refractivity contribution < 1.29 is 22.7 Å². The van der Waals surface area contributed by atoms with E-state index in [4.69, 9.17) is 9.47 Å². The summed E-state index contributed by atoms with van der Waals surface area (Å²) in [6.07, 6.45) is 2.34. The Hall–Kier alpha value is -2.58. The van der Waals surface area contributed by atoms with E-state index >= 15 is 0 Å². The van der Waals surface area contributed by atoms with Gasteiger partial charge in [-0.3, -0.25) is 4.79 Å². The average molecular weight is 475 g/mol. The van der Waals surface area contributed by atoms with Crippen molar-refractivity contribution >= 4 is 15.9 Å². The number of nitrogens with one attached hydrogen (secondary N) is 1. The Morgan fingerprint density at radius 3 is 2.30 bits per heavy atom. The maximum atomic E-state index is 13.2. The Morgan fingerprint density at radius 2 is 1.73 bits per heavy atom. The lowest BCUT2D eigenvalue weighted by atomic mass is 10.0. The topological polar surface area (TPSA) is 84.9 Å². The number of hydrogen-bond acceptors (Lipinski definition) is 5. The van der Waals surface area contributed by atoms with Gasteiger partial charge in [0.1, 0.15) is 11.5 Å². The molecule has 180 valence electrons. The number of benzene rings is 2. The van der Waals surface area contributed by atoms with Gasteiger partial charge in [0, 0.05) is 13.1 Å². The number of hydrogen-bond donors (Lipinski definition) is 1. The number of piperidine rings is 1. The molecule has 1 atom stereocenters. The largest absolute Gasteiger partial charge is 0.496 e. The van der Waals surface area contributed by atoms with Crippen molar-refractivity contribution in [1.82, 2.24) is 9.62 Å². The summed E-state index contributed by atoms with van der Waals surface area (Å²) in [6, 6.07) is 10.0. The molecule has 0 spiro atoms. The van der Waals surface area contributed by atoms with Gasteiger partial charge >= 0.3 is 0 Å². The molecular formula is C25H34N2O5S. The van der Waals surface area contributed by atoms with E-state index in [-0.39, 0.29) is 22.4 Å². The Balaban J connectivity index is 1.88. The SMILES string of the molecule is CCC(NC(=O)c1cc(S(=O)(=O)N2CCC(C)CC2)ccc1OC)c1ccc(OC)c(C)c1. The minimum absolute atomic E-state index is 0.108. The lowest BCUT2D eigenvalue weighted by molar-refractivity contribution is 0.0932. The van der Waals surface area contributed by atoms with E-state index in [1.807, 2.05) is 32.0 Å². The van der Waals surface area contributed by atoms with E-state index in [0.29, 0.717) is 31.2 Å². The summed E-state index contributed by atoms with van der Waals surface area (Å²) in [5, 5.41) is 3.03. The van der Waals surface area contributed by atoms with Crippen LogP contribution in [0.1, 0.15) is 60.6 Å². The van der Waals surface area contributed by atoms with E-state index in [9.17, 15) is 13.2 Å². The third-order valence-electron chi connectivity index (χ3n) is 6.33. The van der Waals surface area contributed by atoms with Gasteiger partial charge in [0.15, 0.2) is 0 Å². The molecule has 2 aromatic rings. The van der Waals surface area contributed by atoms with Crippen LogP contribution in [0.3, 0.4) is 0 Å². The number of carbonyl (C=O) groups is 1. The first-order chi connectivity index (χ1) is 15.7. The molecule has 1 heterocycles. The molecule has 3 rings (SSSR count). The molecule has 1 unspecified atom stereocenters. The van der Waals surface area contributed by atoms with Crippen molar-refractivity contribution in [3.05, 3.63) is 53.1 Å². The molecule has 0 aromatic heterocycles. The first-order valence-electron chi connectivity index (χ1n) is 11.3. The smallest absolute Gasteiger partial charge is 0.255 e. The molecule has 1 amide bonds. The van der Waals surface area contributed by atoms with Crippen molar-refractivity contribution in [3.8, 4) is 11.5 Å². The minimum atomic E-state index is -3.68. The fourth-order valence-corrected chi connectivity index (χ4v) is 5.67. The maximum absolute atomic E-state index is 13.2. The number of aryl methyl sites for hydroxylation is 1. The van der Waals surface area contributed by atoms with E-state index in [1.54, 1.807) is 13.2 Å². The molecular weight excluding hydrogens is 440 g/mol. The van der Waals surface area contributed by atoms with Gasteiger partial charge in [-0.2, -0.15) is 4.31 Å². The summed E-state index contributed by atoms with van der Waals surface area (Å²) < 4.78 is 38.6. The molecule has 0 aliphatic carbocycles. The Morgan fingerprint density at radius 1 is 1.09 bits per heavy atom. The number of sulfonamides is 1. The summed E-state index contributed by atoms with van der Waals surface area (Å²) in [5.41, 5.74) is 2.13. The molecule has 1 saturated heterocycles. The molecule has 1 N–H and O–H groups in total. The summed E-state index contributed by atoms with van der Waals surface area (Å²) in [5.74, 6) is 1.25. The second-order valence-electron chi connectivity index (χ2n) is 8.61. The van der Waals surface area contributed by atoms with Crippen LogP contribution < -0.4 is 14.8 Å². The molecule has 0 bridgehead atoms. The van der Waals surface area contributed by atoms with Gasteiger partial charge in [-0.25, -0.2) is 8.42 Å². The fourth-order valence-electron chi connectivity index (χ4n) is 4.17. The monoisotopic (exact) mass is 474 g/mol. The number of methoxy groups -OCH3 is 2. The second kappa shape index (κ2) is 10.6. The van der Waals surface area contributed by atoms with Gasteiger partial charge in [-0.05, 0) is 67.5 Å². The van der Waals surface area contributed by atoms with Crippen LogP contribution in [0.4, 0.5) is 0 Å². The van der Waals surface area contributed by atoms with Gasteiger partial charge in [0.05, 0.1) is 30.7 Å². The summed E-state index contributed by atoms with van der Waals surface area (Å²) in [7, 11) is -0.590. The number of ether oxygens (including phenoxy) is 2. The zero-order valence-electron chi connectivity index (χ0n) is 20.1. The van der Waals surface area contributed by atoms with Crippen LogP contribution in [-0.2, 0) is 10.0 Å². The molecule has 0 radical (unpaired) electrons. The standard InChI is InChI=1S/C25H34N2O5S/c1-6-22(19-7-9-23(31-4)18(3)15-19)26-25(28)21-16-20(8-10-24(21)32-5)33(29,30)27-13-11-17(2)12-14-27/h7-10,15-17,22H,6,11-14H2,1-5H3,(H,26,28). The van der Waals surface area contributed by atoms with Gasteiger partial charge in [0.2, 0.25) is 10.0 Å². The molecule has 2 aromatic carbocycles. The van der Waals surface area contributed by atoms with Crippen LogP contribution in [0, 0.1) is 12.8 Å². The number of carbonyl (C=O) groups excluding carboxylic acids is 1. The van der Waals surface area contributed by atoms with Crippen molar-refractivity contribution in [2.45, 2.75) is 51.0 Å². The summed E-state index contributed by atoms with van der Waals surface area (Å²) in [6.45, 7) is 7.06. The third-order valence-corrected chi connectivity index (χ3v) is 8.23. The van der Waals surface area contributed by atoms with Crippen LogP contribution >= 0.6 is 0 Å². The quantitative estimate of drug-likeness (QED) is 0.616. The lowest BCUT2D eigenvalue weighted by Crippen LogP contribution is -2.38. The molecule has 33 heavy (non-hydrogen) atoms. The highest BCUT2D eigenvalue weighted by Crippen LogP contribution is 2.29. The Labute approximate surface area is 197 Å². The number of rotatable bonds is 8. The van der Waals surface area contributed by atoms with Crippen LogP contribution in [0.15, 0.2) is 41.3 Å². The Kier molecular flexibility index (Phi) is 8.02. The predicted octanol–water partition coefficient (Wildman–Crippen LogP) is 4.31. The first kappa shape index (κ1) is 25.1. The van der Waals surface area contributed by atoms with Crippen LogP contribution in [0.25, 0.3) is 0 Å². The number of amides is 1. The van der Waals surface area contributed by atoms with E-state index in [1.165, 1.54) is 23.5 Å². The lowest BCUT2D eigenvalue weighted by Gasteiger charge is -2.29. The average Bonchev–Trinajstić information content (AvgIpc) is 2.82.